The predicted molar refractivity (Wildman–Crippen MR) is 73.2 cm³/mol. The Labute approximate surface area is 118 Å². The number of nitrogens with zero attached hydrogens (tertiary/aromatic N) is 1. The number of rotatable bonds is 1. The van der Waals surface area contributed by atoms with E-state index in [4.69, 9.17) is 4.76 Å². The summed E-state index contributed by atoms with van der Waals surface area (Å²) >= 11 is 0. The zero-order valence-corrected chi connectivity index (χ0v) is 10.6. The molecule has 0 atom stereocenters. The largest absolute Gasteiger partial charge is 0.583 e. The molecular formula is C14H9BF3NO2. The van der Waals surface area contributed by atoms with Crippen molar-refractivity contribution in [2.45, 2.75) is 6.18 Å². The van der Waals surface area contributed by atoms with Gasteiger partial charge in [-0.05, 0) is 34.9 Å². The van der Waals surface area contributed by atoms with Gasteiger partial charge in [0.15, 0.2) is 0 Å². The van der Waals surface area contributed by atoms with Crippen molar-refractivity contribution in [3.63, 3.8) is 0 Å². The predicted octanol–water partition coefficient (Wildman–Crippen LogP) is 2.42. The molecule has 0 bridgehead atoms. The van der Waals surface area contributed by atoms with E-state index >= 15 is 0 Å². The second-order valence-electron chi connectivity index (χ2n) is 4.61. The summed E-state index contributed by atoms with van der Waals surface area (Å²) in [5.74, 6) is 0. The molecule has 1 N–H and O–H groups in total. The van der Waals surface area contributed by atoms with Crippen LogP contribution in [-0.2, 0) is 10.9 Å². The van der Waals surface area contributed by atoms with E-state index in [9.17, 15) is 18.2 Å². The monoisotopic (exact) mass is 291 g/mol. The van der Waals surface area contributed by atoms with Crippen molar-refractivity contribution < 1.29 is 23.0 Å². The van der Waals surface area contributed by atoms with Crippen molar-refractivity contribution >= 4 is 18.8 Å². The normalized spacial score (nSPS) is 13.8. The highest BCUT2D eigenvalue weighted by Crippen LogP contribution is 2.31. The van der Waals surface area contributed by atoms with Crippen LogP contribution in [0.4, 0.5) is 13.2 Å². The van der Waals surface area contributed by atoms with Gasteiger partial charge in [0, 0.05) is 5.46 Å². The Hall–Kier alpha value is -2.28. The van der Waals surface area contributed by atoms with E-state index in [1.807, 2.05) is 0 Å². The summed E-state index contributed by atoms with van der Waals surface area (Å²) in [5.41, 5.74) is 1.95. The molecule has 0 saturated heterocycles. The van der Waals surface area contributed by atoms with Crippen molar-refractivity contribution in [3.05, 3.63) is 53.6 Å². The third-order valence-electron chi connectivity index (χ3n) is 3.25. The number of hydrogen-bond acceptors (Lipinski definition) is 3. The first-order valence-corrected chi connectivity index (χ1v) is 6.14. The molecule has 1 heterocycles. The maximum Gasteiger partial charge on any atom is 0.583 e. The van der Waals surface area contributed by atoms with Gasteiger partial charge in [0.2, 0.25) is 0 Å². The van der Waals surface area contributed by atoms with Crippen LogP contribution in [0.1, 0.15) is 11.1 Å². The van der Waals surface area contributed by atoms with E-state index in [1.165, 1.54) is 18.3 Å². The Morgan fingerprint density at radius 1 is 1.00 bits per heavy atom. The molecule has 21 heavy (non-hydrogen) atoms. The Balaban J connectivity index is 1.97. The number of oxime groups is 1. The van der Waals surface area contributed by atoms with Gasteiger partial charge in [-0.1, -0.05) is 24.3 Å². The molecule has 3 rings (SSSR count). The first-order chi connectivity index (χ1) is 9.95. The number of alkyl halides is 3. The second kappa shape index (κ2) is 4.93. The molecule has 1 aliphatic rings. The van der Waals surface area contributed by atoms with Gasteiger partial charge in [-0.3, -0.25) is 0 Å². The molecule has 0 aliphatic carbocycles. The van der Waals surface area contributed by atoms with Gasteiger partial charge >= 0.3 is 13.3 Å². The second-order valence-corrected chi connectivity index (χ2v) is 4.61. The van der Waals surface area contributed by atoms with Gasteiger partial charge in [0.05, 0.1) is 11.8 Å². The summed E-state index contributed by atoms with van der Waals surface area (Å²) < 4.78 is 42.3. The van der Waals surface area contributed by atoms with Crippen LogP contribution < -0.4 is 5.46 Å². The van der Waals surface area contributed by atoms with Gasteiger partial charge in [-0.25, -0.2) is 0 Å². The zero-order chi connectivity index (χ0) is 15.0. The molecule has 1 aliphatic heterocycles. The van der Waals surface area contributed by atoms with Gasteiger partial charge in [0.1, 0.15) is 0 Å². The third kappa shape index (κ3) is 2.64. The van der Waals surface area contributed by atoms with Crippen LogP contribution in [0, 0.1) is 0 Å². The molecule has 0 spiro atoms. The van der Waals surface area contributed by atoms with Crippen LogP contribution >= 0.6 is 0 Å². The summed E-state index contributed by atoms with van der Waals surface area (Å²) in [6.07, 6.45) is -2.89. The summed E-state index contributed by atoms with van der Waals surface area (Å²) in [5, 5.41) is 13.1. The third-order valence-corrected chi connectivity index (χ3v) is 3.25. The van der Waals surface area contributed by atoms with Crippen LogP contribution in [0.3, 0.4) is 0 Å². The maximum absolute atomic E-state index is 12.5. The summed E-state index contributed by atoms with van der Waals surface area (Å²) in [6, 6.07) is 10.0. The fraction of sp³-hybridized carbons (Fsp3) is 0.0714. The van der Waals surface area contributed by atoms with Crippen molar-refractivity contribution in [2.24, 2.45) is 5.16 Å². The lowest BCUT2D eigenvalue weighted by Gasteiger charge is -2.14. The van der Waals surface area contributed by atoms with Crippen LogP contribution in [0.5, 0.6) is 0 Å². The van der Waals surface area contributed by atoms with Crippen LogP contribution in [0.15, 0.2) is 47.6 Å². The summed E-state index contributed by atoms with van der Waals surface area (Å²) in [4.78, 5) is 0. The minimum Gasteiger partial charge on any atom is -0.427 e. The number of hydrogen-bond donors (Lipinski definition) is 1. The van der Waals surface area contributed by atoms with Gasteiger partial charge < -0.3 is 9.78 Å². The highest BCUT2D eigenvalue weighted by Gasteiger charge is 2.30. The van der Waals surface area contributed by atoms with E-state index in [2.05, 4.69) is 5.16 Å². The molecule has 7 heteroatoms. The van der Waals surface area contributed by atoms with Crippen LogP contribution in [0.2, 0.25) is 0 Å². The minimum absolute atomic E-state index is 0.570. The quantitative estimate of drug-likeness (QED) is 0.820. The van der Waals surface area contributed by atoms with Crippen LogP contribution in [0.25, 0.3) is 11.1 Å². The average Bonchev–Trinajstić information content (AvgIpc) is 2.46. The van der Waals surface area contributed by atoms with E-state index in [0.29, 0.717) is 16.6 Å². The summed E-state index contributed by atoms with van der Waals surface area (Å²) in [6.45, 7) is 0. The van der Waals surface area contributed by atoms with Crippen molar-refractivity contribution in [1.82, 2.24) is 0 Å². The maximum atomic E-state index is 12.5. The molecule has 3 nitrogen and oxygen atoms in total. The molecule has 0 saturated carbocycles. The number of halogens is 3. The Bertz CT molecular complexity index is 698. The molecule has 0 aromatic heterocycles. The van der Waals surface area contributed by atoms with Gasteiger partial charge in [-0.2, -0.15) is 13.2 Å². The lowest BCUT2D eigenvalue weighted by molar-refractivity contribution is -0.137. The van der Waals surface area contributed by atoms with Crippen molar-refractivity contribution in [2.75, 3.05) is 0 Å². The molecule has 106 valence electrons. The fourth-order valence-corrected chi connectivity index (χ4v) is 2.14. The van der Waals surface area contributed by atoms with E-state index in [0.717, 1.165) is 17.7 Å². The molecule has 0 fully saturated rings. The number of fused-ring (bicyclic) bond motifs is 1. The zero-order valence-electron chi connectivity index (χ0n) is 10.6. The first-order valence-electron chi connectivity index (χ1n) is 6.14. The van der Waals surface area contributed by atoms with E-state index in [-0.39, 0.29) is 0 Å². The molecule has 0 unspecified atom stereocenters. The average molecular weight is 291 g/mol. The molecule has 0 amide bonds. The molecule has 0 radical (unpaired) electrons. The molecule has 2 aromatic carbocycles. The Morgan fingerprint density at radius 2 is 1.67 bits per heavy atom. The topological polar surface area (TPSA) is 41.8 Å². The van der Waals surface area contributed by atoms with Crippen molar-refractivity contribution in [3.8, 4) is 11.1 Å². The smallest absolute Gasteiger partial charge is 0.427 e. The van der Waals surface area contributed by atoms with E-state index in [1.54, 1.807) is 18.2 Å². The highest BCUT2D eigenvalue weighted by atomic mass is 19.4. The van der Waals surface area contributed by atoms with Gasteiger partial charge in [0.25, 0.3) is 0 Å². The minimum atomic E-state index is -4.34. The Morgan fingerprint density at radius 3 is 2.33 bits per heavy atom. The summed E-state index contributed by atoms with van der Waals surface area (Å²) in [7, 11) is -1.12. The molecular weight excluding hydrogens is 282 g/mol. The number of benzene rings is 2. The molecule has 2 aromatic rings. The van der Waals surface area contributed by atoms with E-state index < -0.39 is 18.9 Å². The van der Waals surface area contributed by atoms with Crippen LogP contribution in [-0.4, -0.2) is 18.4 Å². The lowest BCUT2D eigenvalue weighted by atomic mass is 9.75. The van der Waals surface area contributed by atoms with Crippen molar-refractivity contribution in [1.29, 1.82) is 0 Å². The lowest BCUT2D eigenvalue weighted by Crippen LogP contribution is -2.37. The highest BCUT2D eigenvalue weighted by molar-refractivity contribution is 6.62. The standard InChI is InChI=1S/C14H9BF3NO2/c16-14(17,18)12-4-1-9(2-5-12)10-3-6-13-11(7-10)8-19-21-15(13)20/h1-8,20H. The Kier molecular flexibility index (Phi) is 3.21. The van der Waals surface area contributed by atoms with Gasteiger partial charge in [-0.15, -0.1) is 5.16 Å². The fourth-order valence-electron chi connectivity index (χ4n) is 2.14. The first kappa shape index (κ1) is 13.7. The SMILES string of the molecule is OB1ON=Cc2cc(-c3ccc(C(F)(F)F)cc3)ccc21.